The van der Waals surface area contributed by atoms with Crippen molar-refractivity contribution in [2.45, 2.75) is 46.3 Å². The van der Waals surface area contributed by atoms with Gasteiger partial charge in [-0.25, -0.2) is 0 Å². The molecule has 0 bridgehead atoms. The van der Waals surface area contributed by atoms with E-state index in [0.29, 0.717) is 11.8 Å². The van der Waals surface area contributed by atoms with Gasteiger partial charge in [-0.15, -0.1) is 0 Å². The molecule has 0 radical (unpaired) electrons. The van der Waals surface area contributed by atoms with Gasteiger partial charge in [0.05, 0.1) is 6.10 Å². The molecule has 1 saturated carbocycles. The number of ether oxygens (including phenoxy) is 1. The maximum absolute atomic E-state index is 12.5. The van der Waals surface area contributed by atoms with Crippen molar-refractivity contribution in [3.05, 3.63) is 29.8 Å². The molecule has 1 aromatic rings. The van der Waals surface area contributed by atoms with Gasteiger partial charge in [0, 0.05) is 44.2 Å². The highest BCUT2D eigenvalue weighted by molar-refractivity contribution is 5.79. The van der Waals surface area contributed by atoms with Crippen molar-refractivity contribution in [3.8, 4) is 5.75 Å². The normalized spacial score (nSPS) is 20.2. The minimum Gasteiger partial charge on any atom is -0.491 e. The van der Waals surface area contributed by atoms with E-state index in [9.17, 15) is 4.79 Å². The lowest BCUT2D eigenvalue weighted by atomic mass is 10.0. The molecular weight excluding hydrogens is 300 g/mol. The Morgan fingerprint density at radius 1 is 1.12 bits per heavy atom. The SMILES string of the molecule is CC(C)Oc1ccccc1CN1CCN(C(=O)C(C)C2CC2)CC1. The van der Waals surface area contributed by atoms with Crippen molar-refractivity contribution in [1.29, 1.82) is 0 Å². The van der Waals surface area contributed by atoms with E-state index in [-0.39, 0.29) is 12.0 Å². The van der Waals surface area contributed by atoms with Gasteiger partial charge in [0.25, 0.3) is 0 Å². The maximum Gasteiger partial charge on any atom is 0.225 e. The van der Waals surface area contributed by atoms with Crippen molar-refractivity contribution < 1.29 is 9.53 Å². The minimum atomic E-state index is 0.185. The number of nitrogens with zero attached hydrogens (tertiary/aromatic N) is 2. The minimum absolute atomic E-state index is 0.185. The average Bonchev–Trinajstić information content (AvgIpc) is 3.40. The summed E-state index contributed by atoms with van der Waals surface area (Å²) in [6, 6.07) is 8.29. The van der Waals surface area contributed by atoms with Crippen LogP contribution in [0.5, 0.6) is 5.75 Å². The number of hydrogen-bond acceptors (Lipinski definition) is 3. The largest absolute Gasteiger partial charge is 0.491 e. The van der Waals surface area contributed by atoms with Gasteiger partial charge in [0.1, 0.15) is 5.75 Å². The molecule has 1 heterocycles. The van der Waals surface area contributed by atoms with Crippen LogP contribution in [0.3, 0.4) is 0 Å². The monoisotopic (exact) mass is 330 g/mol. The Hall–Kier alpha value is -1.55. The molecule has 1 aromatic carbocycles. The first kappa shape index (κ1) is 17.3. The summed E-state index contributed by atoms with van der Waals surface area (Å²) in [6.45, 7) is 10.7. The van der Waals surface area contributed by atoms with Crippen molar-refractivity contribution in [3.63, 3.8) is 0 Å². The van der Waals surface area contributed by atoms with E-state index in [4.69, 9.17) is 4.74 Å². The molecule has 132 valence electrons. The Kier molecular flexibility index (Phi) is 5.44. The fourth-order valence-electron chi connectivity index (χ4n) is 3.46. The van der Waals surface area contributed by atoms with Gasteiger partial charge in [0.15, 0.2) is 0 Å². The molecule has 24 heavy (non-hydrogen) atoms. The van der Waals surface area contributed by atoms with Gasteiger partial charge in [0.2, 0.25) is 5.91 Å². The molecule has 1 saturated heterocycles. The zero-order valence-corrected chi connectivity index (χ0v) is 15.2. The number of amides is 1. The van der Waals surface area contributed by atoms with Gasteiger partial charge in [-0.05, 0) is 38.7 Å². The first-order valence-electron chi connectivity index (χ1n) is 9.30. The van der Waals surface area contributed by atoms with Crippen LogP contribution in [0, 0.1) is 11.8 Å². The maximum atomic E-state index is 12.5. The smallest absolute Gasteiger partial charge is 0.225 e. The van der Waals surface area contributed by atoms with Crippen LogP contribution >= 0.6 is 0 Å². The van der Waals surface area contributed by atoms with Gasteiger partial charge < -0.3 is 9.64 Å². The van der Waals surface area contributed by atoms with E-state index >= 15 is 0 Å². The second kappa shape index (κ2) is 7.56. The number of rotatable bonds is 6. The summed E-state index contributed by atoms with van der Waals surface area (Å²) in [6.07, 6.45) is 2.66. The van der Waals surface area contributed by atoms with Gasteiger partial charge in [-0.1, -0.05) is 25.1 Å². The van der Waals surface area contributed by atoms with Crippen molar-refractivity contribution in [2.24, 2.45) is 11.8 Å². The number of hydrogen-bond donors (Lipinski definition) is 0. The van der Waals surface area contributed by atoms with Crippen LogP contribution in [-0.4, -0.2) is 48.0 Å². The summed E-state index contributed by atoms with van der Waals surface area (Å²) in [5.74, 6) is 2.21. The molecule has 3 rings (SSSR count). The third-order valence-corrected chi connectivity index (χ3v) is 5.13. The van der Waals surface area contributed by atoms with Gasteiger partial charge >= 0.3 is 0 Å². The zero-order chi connectivity index (χ0) is 17.1. The van der Waals surface area contributed by atoms with Crippen LogP contribution in [0.25, 0.3) is 0 Å². The molecule has 1 atom stereocenters. The summed E-state index contributed by atoms with van der Waals surface area (Å²) < 4.78 is 5.92. The van der Waals surface area contributed by atoms with Crippen molar-refractivity contribution >= 4 is 5.91 Å². The fraction of sp³-hybridized carbons (Fsp3) is 0.650. The molecule has 1 unspecified atom stereocenters. The van der Waals surface area contributed by atoms with E-state index < -0.39 is 0 Å². The Labute approximate surface area is 145 Å². The Balaban J connectivity index is 1.53. The van der Waals surface area contributed by atoms with Gasteiger partial charge in [-0.2, -0.15) is 0 Å². The molecule has 0 aromatic heterocycles. The number of piperazine rings is 1. The second-order valence-corrected chi connectivity index (χ2v) is 7.50. The number of para-hydroxylation sites is 1. The number of benzene rings is 1. The quantitative estimate of drug-likeness (QED) is 0.803. The summed E-state index contributed by atoms with van der Waals surface area (Å²) in [5, 5.41) is 0. The molecule has 4 nitrogen and oxygen atoms in total. The molecule has 1 amide bonds. The lowest BCUT2D eigenvalue weighted by Crippen LogP contribution is -2.49. The number of carbonyl (C=O) groups is 1. The first-order chi connectivity index (χ1) is 11.5. The first-order valence-corrected chi connectivity index (χ1v) is 9.30. The van der Waals surface area contributed by atoms with Crippen LogP contribution in [0.4, 0.5) is 0 Å². The standard InChI is InChI=1S/C20H30N2O2/c1-15(2)24-19-7-5-4-6-18(19)14-21-10-12-22(13-11-21)20(23)16(3)17-8-9-17/h4-7,15-17H,8-14H2,1-3H3. The topological polar surface area (TPSA) is 32.8 Å². The highest BCUT2D eigenvalue weighted by Gasteiger charge is 2.35. The lowest BCUT2D eigenvalue weighted by Gasteiger charge is -2.36. The van der Waals surface area contributed by atoms with E-state index in [1.165, 1.54) is 18.4 Å². The fourth-order valence-corrected chi connectivity index (χ4v) is 3.46. The molecule has 2 fully saturated rings. The number of carbonyl (C=O) groups excluding carboxylic acids is 1. The van der Waals surface area contributed by atoms with Crippen LogP contribution < -0.4 is 4.74 Å². The lowest BCUT2D eigenvalue weighted by molar-refractivity contribution is -0.137. The van der Waals surface area contributed by atoms with E-state index in [2.05, 4.69) is 42.7 Å². The third kappa shape index (κ3) is 4.29. The van der Waals surface area contributed by atoms with Crippen LogP contribution in [0.2, 0.25) is 0 Å². The molecule has 4 heteroatoms. The Morgan fingerprint density at radius 2 is 1.79 bits per heavy atom. The van der Waals surface area contributed by atoms with Crippen molar-refractivity contribution in [2.75, 3.05) is 26.2 Å². The summed E-state index contributed by atoms with van der Waals surface area (Å²) in [7, 11) is 0. The predicted octanol–water partition coefficient (Wildman–Crippen LogP) is 3.16. The summed E-state index contributed by atoms with van der Waals surface area (Å²) >= 11 is 0. The average molecular weight is 330 g/mol. The molecule has 1 aliphatic heterocycles. The van der Waals surface area contributed by atoms with Crippen LogP contribution in [0.1, 0.15) is 39.2 Å². The molecule has 1 aliphatic carbocycles. The van der Waals surface area contributed by atoms with E-state index in [0.717, 1.165) is 38.5 Å². The summed E-state index contributed by atoms with van der Waals surface area (Å²) in [4.78, 5) is 17.0. The Morgan fingerprint density at radius 3 is 2.42 bits per heavy atom. The Bertz CT molecular complexity index is 561. The predicted molar refractivity (Wildman–Crippen MR) is 96.0 cm³/mol. The molecule has 0 spiro atoms. The van der Waals surface area contributed by atoms with E-state index in [1.807, 2.05) is 12.1 Å². The zero-order valence-electron chi connectivity index (χ0n) is 15.2. The molecular formula is C20H30N2O2. The molecule has 2 aliphatic rings. The second-order valence-electron chi connectivity index (χ2n) is 7.50. The van der Waals surface area contributed by atoms with E-state index in [1.54, 1.807) is 0 Å². The summed E-state index contributed by atoms with van der Waals surface area (Å²) in [5.41, 5.74) is 1.23. The third-order valence-electron chi connectivity index (χ3n) is 5.13. The molecule has 0 N–H and O–H groups in total. The van der Waals surface area contributed by atoms with Crippen LogP contribution in [-0.2, 0) is 11.3 Å². The highest BCUT2D eigenvalue weighted by atomic mass is 16.5. The van der Waals surface area contributed by atoms with Crippen molar-refractivity contribution in [1.82, 2.24) is 9.80 Å². The highest BCUT2D eigenvalue weighted by Crippen LogP contribution is 2.37. The van der Waals surface area contributed by atoms with Crippen LogP contribution in [0.15, 0.2) is 24.3 Å². The van der Waals surface area contributed by atoms with Gasteiger partial charge in [-0.3, -0.25) is 9.69 Å².